The molecule has 0 unspecified atom stereocenters. The Morgan fingerprint density at radius 2 is 1.92 bits per heavy atom. The lowest BCUT2D eigenvalue weighted by atomic mass is 10.1. The van der Waals surface area contributed by atoms with Crippen molar-refractivity contribution in [1.82, 2.24) is 15.1 Å². The molecule has 25 heavy (non-hydrogen) atoms. The Morgan fingerprint density at radius 3 is 2.76 bits per heavy atom. The maximum Gasteiger partial charge on any atom is 0.127 e. The molecule has 1 heterocycles. The summed E-state index contributed by atoms with van der Waals surface area (Å²) in [4.78, 5) is 0. The number of nitrogens with zero attached hydrogens (tertiary/aromatic N) is 2. The maximum atomic E-state index is 9.08. The van der Waals surface area contributed by atoms with E-state index < -0.39 is 0 Å². The molecule has 0 aliphatic heterocycles. The van der Waals surface area contributed by atoms with Crippen LogP contribution in [0.4, 0.5) is 0 Å². The monoisotopic (exact) mass is 339 g/mol. The molecule has 132 valence electrons. The van der Waals surface area contributed by atoms with Gasteiger partial charge in [0, 0.05) is 29.7 Å². The lowest BCUT2D eigenvalue weighted by molar-refractivity contribution is 0.267. The number of aliphatic hydroxyl groups excluding tert-OH is 1. The maximum absolute atomic E-state index is 9.08. The van der Waals surface area contributed by atoms with E-state index in [0.29, 0.717) is 13.2 Å². The van der Waals surface area contributed by atoms with Crippen LogP contribution in [0.25, 0.3) is 10.8 Å². The van der Waals surface area contributed by atoms with Gasteiger partial charge in [-0.1, -0.05) is 36.4 Å². The zero-order chi connectivity index (χ0) is 17.6. The minimum Gasteiger partial charge on any atom is -0.492 e. The van der Waals surface area contributed by atoms with Gasteiger partial charge in [-0.3, -0.25) is 4.68 Å². The van der Waals surface area contributed by atoms with Gasteiger partial charge in [0.05, 0.1) is 18.8 Å². The largest absolute Gasteiger partial charge is 0.492 e. The third-order valence-electron chi connectivity index (χ3n) is 4.43. The van der Waals surface area contributed by atoms with Gasteiger partial charge in [0.25, 0.3) is 0 Å². The van der Waals surface area contributed by atoms with Gasteiger partial charge in [0.2, 0.25) is 0 Å². The molecule has 0 atom stereocenters. The van der Waals surface area contributed by atoms with Crippen LogP contribution in [0.2, 0.25) is 0 Å². The molecule has 0 saturated heterocycles. The fourth-order valence-electron chi connectivity index (χ4n) is 3.07. The summed E-state index contributed by atoms with van der Waals surface area (Å²) in [5, 5.41) is 19.3. The highest BCUT2D eigenvalue weighted by molar-refractivity contribution is 5.88. The van der Waals surface area contributed by atoms with Crippen LogP contribution in [-0.4, -0.2) is 34.6 Å². The number of fused-ring (bicyclic) bond motifs is 1. The van der Waals surface area contributed by atoms with E-state index in [0.717, 1.165) is 35.6 Å². The summed E-state index contributed by atoms with van der Waals surface area (Å²) in [7, 11) is 0. The second-order valence-electron chi connectivity index (χ2n) is 6.10. The van der Waals surface area contributed by atoms with E-state index >= 15 is 0 Å². The van der Waals surface area contributed by atoms with Crippen molar-refractivity contribution in [3.05, 3.63) is 59.4 Å². The summed E-state index contributed by atoms with van der Waals surface area (Å²) in [6.07, 6.45) is 0. The molecular formula is C20H25N3O2. The van der Waals surface area contributed by atoms with Gasteiger partial charge in [-0.15, -0.1) is 0 Å². The van der Waals surface area contributed by atoms with Crippen LogP contribution in [0, 0.1) is 13.8 Å². The van der Waals surface area contributed by atoms with Crippen molar-refractivity contribution >= 4 is 10.8 Å². The summed E-state index contributed by atoms with van der Waals surface area (Å²) in [6, 6.07) is 14.4. The third kappa shape index (κ3) is 4.00. The van der Waals surface area contributed by atoms with Gasteiger partial charge < -0.3 is 15.2 Å². The van der Waals surface area contributed by atoms with Crippen molar-refractivity contribution in [2.24, 2.45) is 0 Å². The number of aromatic nitrogens is 2. The summed E-state index contributed by atoms with van der Waals surface area (Å²) in [5.74, 6) is 0.919. The topological polar surface area (TPSA) is 59.3 Å². The van der Waals surface area contributed by atoms with Crippen molar-refractivity contribution in [3.8, 4) is 5.75 Å². The highest BCUT2D eigenvalue weighted by Gasteiger charge is 2.10. The van der Waals surface area contributed by atoms with Gasteiger partial charge in [0.1, 0.15) is 12.4 Å². The molecule has 0 spiro atoms. The summed E-state index contributed by atoms with van der Waals surface area (Å²) in [5.41, 5.74) is 3.31. The average molecular weight is 339 g/mol. The quantitative estimate of drug-likeness (QED) is 0.620. The van der Waals surface area contributed by atoms with Crippen molar-refractivity contribution in [3.63, 3.8) is 0 Å². The van der Waals surface area contributed by atoms with Crippen LogP contribution in [0.1, 0.15) is 17.0 Å². The predicted octanol–water partition coefficient (Wildman–Crippen LogP) is 2.81. The van der Waals surface area contributed by atoms with E-state index in [-0.39, 0.29) is 6.61 Å². The minimum absolute atomic E-state index is 0.105. The van der Waals surface area contributed by atoms with Crippen molar-refractivity contribution in [2.75, 3.05) is 19.8 Å². The van der Waals surface area contributed by atoms with Gasteiger partial charge in [-0.2, -0.15) is 5.10 Å². The molecule has 0 amide bonds. The van der Waals surface area contributed by atoms with Crippen LogP contribution in [0.3, 0.4) is 0 Å². The number of aryl methyl sites for hydroxylation is 1. The first kappa shape index (κ1) is 17.5. The number of hydrogen-bond acceptors (Lipinski definition) is 4. The van der Waals surface area contributed by atoms with E-state index in [2.05, 4.69) is 28.6 Å². The predicted molar refractivity (Wildman–Crippen MR) is 99.9 cm³/mol. The SMILES string of the molecule is Cc1nn(CCO)c(C)c1CNCCOc1cccc2ccccc12. The number of aliphatic hydroxyl groups is 1. The lowest BCUT2D eigenvalue weighted by Gasteiger charge is -2.10. The van der Waals surface area contributed by atoms with E-state index in [1.165, 1.54) is 10.9 Å². The van der Waals surface area contributed by atoms with E-state index in [9.17, 15) is 0 Å². The molecule has 5 heteroatoms. The van der Waals surface area contributed by atoms with E-state index in [1.807, 2.05) is 42.8 Å². The third-order valence-corrected chi connectivity index (χ3v) is 4.43. The van der Waals surface area contributed by atoms with Crippen LogP contribution >= 0.6 is 0 Å². The molecule has 0 aliphatic carbocycles. The summed E-state index contributed by atoms with van der Waals surface area (Å²) >= 11 is 0. The van der Waals surface area contributed by atoms with Gasteiger partial charge in [0.15, 0.2) is 0 Å². The number of hydrogen-bond donors (Lipinski definition) is 2. The van der Waals surface area contributed by atoms with Crippen LogP contribution in [0.15, 0.2) is 42.5 Å². The van der Waals surface area contributed by atoms with Crippen molar-refractivity contribution in [2.45, 2.75) is 26.9 Å². The lowest BCUT2D eigenvalue weighted by Crippen LogP contribution is -2.21. The van der Waals surface area contributed by atoms with Crippen molar-refractivity contribution < 1.29 is 9.84 Å². The summed E-state index contributed by atoms with van der Waals surface area (Å²) < 4.78 is 7.81. The molecule has 0 bridgehead atoms. The Morgan fingerprint density at radius 1 is 1.12 bits per heavy atom. The molecule has 3 aromatic rings. The molecule has 1 aromatic heterocycles. The molecular weight excluding hydrogens is 314 g/mol. The summed E-state index contributed by atoms with van der Waals surface area (Å²) in [6.45, 7) is 6.81. The van der Waals surface area contributed by atoms with Gasteiger partial charge in [-0.05, 0) is 25.3 Å². The van der Waals surface area contributed by atoms with Gasteiger partial charge >= 0.3 is 0 Å². The van der Waals surface area contributed by atoms with E-state index in [1.54, 1.807) is 0 Å². The smallest absolute Gasteiger partial charge is 0.127 e. The normalized spacial score (nSPS) is 11.2. The second kappa shape index (κ2) is 8.14. The molecule has 2 N–H and O–H groups in total. The Labute approximate surface area is 148 Å². The molecule has 5 nitrogen and oxygen atoms in total. The Kier molecular flexibility index (Phi) is 5.68. The first-order valence-electron chi connectivity index (χ1n) is 8.65. The number of nitrogens with one attached hydrogen (secondary N) is 1. The van der Waals surface area contributed by atoms with E-state index in [4.69, 9.17) is 9.84 Å². The number of ether oxygens (including phenoxy) is 1. The molecule has 0 fully saturated rings. The first-order chi connectivity index (χ1) is 12.2. The number of rotatable bonds is 8. The average Bonchev–Trinajstić information content (AvgIpc) is 2.89. The minimum atomic E-state index is 0.105. The molecule has 0 aliphatic rings. The zero-order valence-electron chi connectivity index (χ0n) is 14.8. The van der Waals surface area contributed by atoms with Crippen molar-refractivity contribution in [1.29, 1.82) is 0 Å². The Balaban J connectivity index is 1.52. The van der Waals surface area contributed by atoms with Crippen LogP contribution in [0.5, 0.6) is 5.75 Å². The fourth-order valence-corrected chi connectivity index (χ4v) is 3.07. The Bertz CT molecular complexity index is 837. The Hall–Kier alpha value is -2.37. The van der Waals surface area contributed by atoms with Gasteiger partial charge in [-0.25, -0.2) is 0 Å². The second-order valence-corrected chi connectivity index (χ2v) is 6.10. The zero-order valence-corrected chi connectivity index (χ0v) is 14.8. The molecule has 0 radical (unpaired) electrons. The highest BCUT2D eigenvalue weighted by atomic mass is 16.5. The highest BCUT2D eigenvalue weighted by Crippen LogP contribution is 2.24. The molecule has 3 rings (SSSR count). The fraction of sp³-hybridized carbons (Fsp3) is 0.350. The standard InChI is InChI=1S/C20H25N3O2/c1-15-19(16(2)23(22-15)11-12-24)14-21-10-13-25-20-9-5-7-17-6-3-4-8-18(17)20/h3-9,21,24H,10-14H2,1-2H3. The first-order valence-corrected chi connectivity index (χ1v) is 8.65. The van der Waals surface area contributed by atoms with Crippen LogP contribution in [-0.2, 0) is 13.1 Å². The molecule has 2 aromatic carbocycles. The van der Waals surface area contributed by atoms with Crippen LogP contribution < -0.4 is 10.1 Å². The number of benzene rings is 2. The molecule has 0 saturated carbocycles.